The highest BCUT2D eigenvalue weighted by atomic mass is 14.8. The van der Waals surface area contributed by atoms with Crippen LogP contribution in [0.3, 0.4) is 0 Å². The van der Waals surface area contributed by atoms with Gasteiger partial charge in [-0.2, -0.15) is 0 Å². The fourth-order valence-electron chi connectivity index (χ4n) is 1.20. The number of rotatable bonds is 5. The SMILES string of the molecule is C=C/C=C(\C)C(CC)CNC. The predicted octanol–water partition coefficient (Wildman–Crippen LogP) is 2.36. The van der Waals surface area contributed by atoms with Gasteiger partial charge >= 0.3 is 0 Å². The molecule has 0 fully saturated rings. The van der Waals surface area contributed by atoms with E-state index < -0.39 is 0 Å². The maximum Gasteiger partial charge on any atom is 0.00137 e. The molecule has 0 saturated heterocycles. The molecule has 64 valence electrons. The van der Waals surface area contributed by atoms with Gasteiger partial charge in [0, 0.05) is 6.54 Å². The molecule has 0 aromatic heterocycles. The first kappa shape index (κ1) is 10.4. The number of hydrogen-bond acceptors (Lipinski definition) is 1. The summed E-state index contributed by atoms with van der Waals surface area (Å²) in [6.07, 6.45) is 5.14. The summed E-state index contributed by atoms with van der Waals surface area (Å²) in [5.41, 5.74) is 1.41. The molecule has 0 radical (unpaired) electrons. The lowest BCUT2D eigenvalue weighted by atomic mass is 9.97. The van der Waals surface area contributed by atoms with E-state index in [4.69, 9.17) is 0 Å². The molecule has 0 aromatic rings. The van der Waals surface area contributed by atoms with E-state index in [-0.39, 0.29) is 0 Å². The molecular weight excluding hydrogens is 134 g/mol. The topological polar surface area (TPSA) is 12.0 Å². The van der Waals surface area contributed by atoms with Crippen molar-refractivity contribution in [2.24, 2.45) is 5.92 Å². The second kappa shape index (κ2) is 6.17. The molecule has 0 aliphatic heterocycles. The lowest BCUT2D eigenvalue weighted by Gasteiger charge is -2.14. The summed E-state index contributed by atoms with van der Waals surface area (Å²) in [6.45, 7) is 9.11. The first-order valence-corrected chi connectivity index (χ1v) is 4.20. The van der Waals surface area contributed by atoms with Crippen molar-refractivity contribution in [3.05, 3.63) is 24.3 Å². The van der Waals surface area contributed by atoms with E-state index in [1.807, 2.05) is 13.1 Å². The Balaban J connectivity index is 4.00. The zero-order valence-electron chi connectivity index (χ0n) is 7.85. The van der Waals surface area contributed by atoms with Crippen LogP contribution < -0.4 is 5.32 Å². The normalized spacial score (nSPS) is 14.6. The zero-order valence-corrected chi connectivity index (χ0v) is 7.85. The lowest BCUT2D eigenvalue weighted by molar-refractivity contribution is 0.553. The Morgan fingerprint density at radius 2 is 2.27 bits per heavy atom. The molecule has 0 aliphatic rings. The predicted molar refractivity (Wildman–Crippen MR) is 51.7 cm³/mol. The zero-order chi connectivity index (χ0) is 8.69. The molecule has 1 nitrogen and oxygen atoms in total. The quantitative estimate of drug-likeness (QED) is 0.598. The molecule has 0 heterocycles. The van der Waals surface area contributed by atoms with Gasteiger partial charge in [0.15, 0.2) is 0 Å². The van der Waals surface area contributed by atoms with Gasteiger partial charge < -0.3 is 5.32 Å². The lowest BCUT2D eigenvalue weighted by Crippen LogP contribution is -2.18. The molecule has 0 spiro atoms. The average Bonchev–Trinajstić information content (AvgIpc) is 2.00. The smallest absolute Gasteiger partial charge is 0.00137 e. The van der Waals surface area contributed by atoms with Gasteiger partial charge in [-0.25, -0.2) is 0 Å². The molecular formula is C10H19N. The van der Waals surface area contributed by atoms with Crippen LogP contribution in [0.15, 0.2) is 24.3 Å². The van der Waals surface area contributed by atoms with Crippen LogP contribution in [0.1, 0.15) is 20.3 Å². The van der Waals surface area contributed by atoms with Crippen molar-refractivity contribution in [3.8, 4) is 0 Å². The summed E-state index contributed by atoms with van der Waals surface area (Å²) in [4.78, 5) is 0. The summed E-state index contributed by atoms with van der Waals surface area (Å²) in [7, 11) is 1.99. The maximum atomic E-state index is 3.68. The number of hydrogen-bond donors (Lipinski definition) is 1. The Labute approximate surface area is 70.2 Å². The van der Waals surface area contributed by atoms with Crippen LogP contribution >= 0.6 is 0 Å². The molecule has 0 bridgehead atoms. The second-order valence-corrected chi connectivity index (χ2v) is 2.81. The van der Waals surface area contributed by atoms with Crippen molar-refractivity contribution >= 4 is 0 Å². The van der Waals surface area contributed by atoms with Crippen molar-refractivity contribution in [1.29, 1.82) is 0 Å². The van der Waals surface area contributed by atoms with E-state index in [1.54, 1.807) is 0 Å². The van der Waals surface area contributed by atoms with Crippen molar-refractivity contribution in [3.63, 3.8) is 0 Å². The fraction of sp³-hybridized carbons (Fsp3) is 0.600. The van der Waals surface area contributed by atoms with E-state index in [0.717, 1.165) is 6.54 Å². The van der Waals surface area contributed by atoms with E-state index in [2.05, 4.69) is 31.8 Å². The van der Waals surface area contributed by atoms with Crippen molar-refractivity contribution in [2.75, 3.05) is 13.6 Å². The van der Waals surface area contributed by atoms with Crippen LogP contribution in [0, 0.1) is 5.92 Å². The van der Waals surface area contributed by atoms with Gasteiger partial charge in [0.05, 0.1) is 0 Å². The van der Waals surface area contributed by atoms with Crippen LogP contribution in [-0.2, 0) is 0 Å². The molecule has 0 rings (SSSR count). The van der Waals surface area contributed by atoms with Gasteiger partial charge in [-0.05, 0) is 26.3 Å². The minimum atomic E-state index is 0.665. The summed E-state index contributed by atoms with van der Waals surface area (Å²) in [5, 5.41) is 3.18. The van der Waals surface area contributed by atoms with Crippen molar-refractivity contribution < 1.29 is 0 Å². The second-order valence-electron chi connectivity index (χ2n) is 2.81. The first-order valence-electron chi connectivity index (χ1n) is 4.20. The minimum absolute atomic E-state index is 0.665. The Morgan fingerprint density at radius 1 is 1.64 bits per heavy atom. The molecule has 0 amide bonds. The van der Waals surface area contributed by atoms with Gasteiger partial charge in [0.25, 0.3) is 0 Å². The Bertz CT molecular complexity index is 136. The summed E-state index contributed by atoms with van der Waals surface area (Å²) < 4.78 is 0. The van der Waals surface area contributed by atoms with Crippen molar-refractivity contribution in [1.82, 2.24) is 5.32 Å². The minimum Gasteiger partial charge on any atom is -0.319 e. The van der Waals surface area contributed by atoms with Gasteiger partial charge in [0.2, 0.25) is 0 Å². The first-order chi connectivity index (χ1) is 5.26. The largest absolute Gasteiger partial charge is 0.319 e. The Kier molecular flexibility index (Phi) is 5.86. The van der Waals surface area contributed by atoms with Crippen LogP contribution in [-0.4, -0.2) is 13.6 Å². The van der Waals surface area contributed by atoms with Crippen LogP contribution in [0.5, 0.6) is 0 Å². The van der Waals surface area contributed by atoms with Crippen molar-refractivity contribution in [2.45, 2.75) is 20.3 Å². The standard InChI is InChI=1S/C10H19N/c1-5-7-9(3)10(6-2)8-11-4/h5,7,10-11H,1,6,8H2,2-4H3/b9-7+. The Hall–Kier alpha value is -0.560. The summed E-state index contributed by atoms with van der Waals surface area (Å²) >= 11 is 0. The molecule has 11 heavy (non-hydrogen) atoms. The van der Waals surface area contributed by atoms with E-state index in [1.165, 1.54) is 12.0 Å². The van der Waals surface area contributed by atoms with E-state index in [0.29, 0.717) is 5.92 Å². The molecule has 0 aliphatic carbocycles. The van der Waals surface area contributed by atoms with E-state index >= 15 is 0 Å². The molecule has 1 atom stereocenters. The highest BCUT2D eigenvalue weighted by molar-refractivity contribution is 5.11. The highest BCUT2D eigenvalue weighted by Crippen LogP contribution is 2.12. The highest BCUT2D eigenvalue weighted by Gasteiger charge is 2.04. The third-order valence-corrected chi connectivity index (χ3v) is 1.97. The fourth-order valence-corrected chi connectivity index (χ4v) is 1.20. The molecule has 1 unspecified atom stereocenters. The maximum absolute atomic E-state index is 3.68. The van der Waals surface area contributed by atoms with Gasteiger partial charge in [-0.15, -0.1) is 0 Å². The van der Waals surface area contributed by atoms with Crippen LogP contribution in [0.25, 0.3) is 0 Å². The number of allylic oxidation sites excluding steroid dienone is 2. The van der Waals surface area contributed by atoms with Crippen LogP contribution in [0.4, 0.5) is 0 Å². The van der Waals surface area contributed by atoms with Gasteiger partial charge in [-0.3, -0.25) is 0 Å². The summed E-state index contributed by atoms with van der Waals surface area (Å²) in [5.74, 6) is 0.665. The van der Waals surface area contributed by atoms with Gasteiger partial charge in [-0.1, -0.05) is 31.2 Å². The third kappa shape index (κ3) is 3.99. The average molecular weight is 153 g/mol. The molecule has 1 heteroatoms. The monoisotopic (exact) mass is 153 g/mol. The Morgan fingerprint density at radius 3 is 2.64 bits per heavy atom. The third-order valence-electron chi connectivity index (χ3n) is 1.97. The van der Waals surface area contributed by atoms with E-state index in [9.17, 15) is 0 Å². The van der Waals surface area contributed by atoms with Gasteiger partial charge in [0.1, 0.15) is 0 Å². The molecule has 1 N–H and O–H groups in total. The summed E-state index contributed by atoms with van der Waals surface area (Å²) in [6, 6.07) is 0. The van der Waals surface area contributed by atoms with Crippen LogP contribution in [0.2, 0.25) is 0 Å². The molecule has 0 saturated carbocycles. The number of nitrogens with one attached hydrogen (secondary N) is 1. The molecule has 0 aromatic carbocycles.